The summed E-state index contributed by atoms with van der Waals surface area (Å²) in [6, 6.07) is 2.07. The highest BCUT2D eigenvalue weighted by Crippen LogP contribution is 2.13. The minimum absolute atomic E-state index is 0.0785. The van der Waals surface area contributed by atoms with Gasteiger partial charge in [-0.25, -0.2) is 0 Å². The quantitative estimate of drug-likeness (QED) is 0.760. The Bertz CT molecular complexity index is 383. The third-order valence-corrected chi connectivity index (χ3v) is 3.08. The van der Waals surface area contributed by atoms with Crippen molar-refractivity contribution in [1.29, 1.82) is 0 Å². The second-order valence-electron chi connectivity index (χ2n) is 4.33. The fraction of sp³-hybridized carbons (Fsp3) is 0.615. The molecule has 0 spiro atoms. The second-order valence-corrected chi connectivity index (χ2v) is 4.33. The molecule has 1 rings (SSSR count). The molecule has 0 saturated carbocycles. The van der Waals surface area contributed by atoms with Gasteiger partial charge in [0.15, 0.2) is 0 Å². The fourth-order valence-corrected chi connectivity index (χ4v) is 1.79. The maximum absolute atomic E-state index is 11.7. The van der Waals surface area contributed by atoms with Gasteiger partial charge in [0, 0.05) is 38.7 Å². The molecule has 0 fully saturated rings. The van der Waals surface area contributed by atoms with Gasteiger partial charge in [-0.1, -0.05) is 0 Å². The van der Waals surface area contributed by atoms with Gasteiger partial charge in [-0.05, 0) is 31.9 Å². The van der Waals surface area contributed by atoms with E-state index in [2.05, 4.69) is 16.0 Å². The number of amides is 1. The third-order valence-electron chi connectivity index (χ3n) is 3.08. The number of methoxy groups -OCH3 is 1. The minimum atomic E-state index is 0.0785. The maximum Gasteiger partial charge on any atom is 0.224 e. The van der Waals surface area contributed by atoms with Crippen molar-refractivity contribution < 1.29 is 9.53 Å². The number of nitrogens with one attached hydrogen (secondary N) is 1. The number of ether oxygens (including phenoxy) is 1. The normalized spacial score (nSPS) is 10.6. The topological polar surface area (TPSA) is 43.3 Å². The van der Waals surface area contributed by atoms with Crippen molar-refractivity contribution in [2.45, 2.75) is 26.7 Å². The zero-order valence-electron chi connectivity index (χ0n) is 11.2. The van der Waals surface area contributed by atoms with Crippen LogP contribution in [0.25, 0.3) is 0 Å². The predicted molar refractivity (Wildman–Crippen MR) is 68.1 cm³/mol. The summed E-state index contributed by atoms with van der Waals surface area (Å²) in [5, 5.41) is 2.89. The summed E-state index contributed by atoms with van der Waals surface area (Å²) in [6.45, 7) is 5.45. The zero-order chi connectivity index (χ0) is 12.8. The van der Waals surface area contributed by atoms with E-state index < -0.39 is 0 Å². The first kappa shape index (κ1) is 13.8. The van der Waals surface area contributed by atoms with E-state index in [1.807, 2.05) is 20.9 Å². The van der Waals surface area contributed by atoms with Crippen molar-refractivity contribution in [2.75, 3.05) is 20.3 Å². The molecule has 1 aromatic rings. The Hall–Kier alpha value is -1.29. The van der Waals surface area contributed by atoms with Gasteiger partial charge in [0.1, 0.15) is 0 Å². The predicted octanol–water partition coefficient (Wildman–Crippen LogP) is 1.34. The van der Waals surface area contributed by atoms with E-state index in [-0.39, 0.29) is 5.91 Å². The largest absolute Gasteiger partial charge is 0.385 e. The molecule has 4 heteroatoms. The van der Waals surface area contributed by atoms with E-state index in [1.54, 1.807) is 7.11 Å². The van der Waals surface area contributed by atoms with Crippen LogP contribution in [0.4, 0.5) is 0 Å². The van der Waals surface area contributed by atoms with Gasteiger partial charge in [-0.15, -0.1) is 0 Å². The summed E-state index contributed by atoms with van der Waals surface area (Å²) < 4.78 is 7.03. The van der Waals surface area contributed by atoms with E-state index in [0.717, 1.165) is 17.7 Å². The number of aromatic nitrogens is 1. The van der Waals surface area contributed by atoms with Crippen LogP contribution in [-0.2, 0) is 23.0 Å². The number of carbonyl (C=O) groups is 1. The number of nitrogens with zero attached hydrogens (tertiary/aromatic N) is 1. The summed E-state index contributed by atoms with van der Waals surface area (Å²) >= 11 is 0. The highest BCUT2D eigenvalue weighted by Gasteiger charge is 2.09. The van der Waals surface area contributed by atoms with E-state index in [1.165, 1.54) is 5.69 Å². The van der Waals surface area contributed by atoms with Gasteiger partial charge in [-0.3, -0.25) is 4.79 Å². The van der Waals surface area contributed by atoms with Crippen LogP contribution < -0.4 is 5.32 Å². The monoisotopic (exact) mass is 238 g/mol. The number of aryl methyl sites for hydroxylation is 1. The average Bonchev–Trinajstić information content (AvgIpc) is 2.53. The molecule has 0 aliphatic heterocycles. The van der Waals surface area contributed by atoms with Crippen LogP contribution in [0.1, 0.15) is 23.4 Å². The molecule has 96 valence electrons. The van der Waals surface area contributed by atoms with Crippen LogP contribution in [0.2, 0.25) is 0 Å². The Morgan fingerprint density at radius 3 is 2.71 bits per heavy atom. The first-order valence-corrected chi connectivity index (χ1v) is 5.93. The SMILES string of the molecule is COCCCNC(=O)Cc1cc(C)n(C)c1C. The van der Waals surface area contributed by atoms with Crippen LogP contribution in [-0.4, -0.2) is 30.7 Å². The summed E-state index contributed by atoms with van der Waals surface area (Å²) in [5.41, 5.74) is 3.45. The van der Waals surface area contributed by atoms with Crippen molar-refractivity contribution in [3.8, 4) is 0 Å². The lowest BCUT2D eigenvalue weighted by Gasteiger charge is -2.05. The third kappa shape index (κ3) is 3.89. The minimum Gasteiger partial charge on any atom is -0.385 e. The van der Waals surface area contributed by atoms with Crippen molar-refractivity contribution in [3.63, 3.8) is 0 Å². The molecular weight excluding hydrogens is 216 g/mol. The molecule has 0 aliphatic rings. The Labute approximate surface area is 103 Å². The molecule has 1 N–H and O–H groups in total. The number of hydrogen-bond acceptors (Lipinski definition) is 2. The summed E-state index contributed by atoms with van der Waals surface area (Å²) in [6.07, 6.45) is 1.32. The summed E-state index contributed by atoms with van der Waals surface area (Å²) in [7, 11) is 3.68. The van der Waals surface area contributed by atoms with Crippen LogP contribution in [0.5, 0.6) is 0 Å². The second kappa shape index (κ2) is 6.45. The standard InChI is InChI=1S/C13H22N2O2/c1-10-8-12(11(2)15(10)3)9-13(16)14-6-5-7-17-4/h8H,5-7,9H2,1-4H3,(H,14,16). The molecular formula is C13H22N2O2. The molecule has 1 amide bonds. The molecule has 0 aliphatic carbocycles. The van der Waals surface area contributed by atoms with E-state index >= 15 is 0 Å². The average molecular weight is 238 g/mol. The van der Waals surface area contributed by atoms with Gasteiger partial charge in [0.2, 0.25) is 5.91 Å². The van der Waals surface area contributed by atoms with Gasteiger partial charge < -0.3 is 14.6 Å². The van der Waals surface area contributed by atoms with E-state index in [4.69, 9.17) is 4.74 Å². The van der Waals surface area contributed by atoms with Crippen LogP contribution in [0.15, 0.2) is 6.07 Å². The molecule has 1 aromatic heterocycles. The van der Waals surface area contributed by atoms with E-state index in [9.17, 15) is 4.79 Å². The van der Waals surface area contributed by atoms with Crippen molar-refractivity contribution in [1.82, 2.24) is 9.88 Å². The molecule has 0 bridgehead atoms. The molecule has 1 heterocycles. The van der Waals surface area contributed by atoms with Crippen LogP contribution >= 0.6 is 0 Å². The Kier molecular flexibility index (Phi) is 5.22. The number of hydrogen-bond donors (Lipinski definition) is 1. The van der Waals surface area contributed by atoms with Gasteiger partial charge in [0.05, 0.1) is 6.42 Å². The molecule has 0 saturated heterocycles. The Morgan fingerprint density at radius 1 is 1.47 bits per heavy atom. The molecule has 0 aromatic carbocycles. The van der Waals surface area contributed by atoms with Crippen molar-refractivity contribution in [2.24, 2.45) is 7.05 Å². The zero-order valence-corrected chi connectivity index (χ0v) is 11.2. The van der Waals surface area contributed by atoms with E-state index in [0.29, 0.717) is 19.6 Å². The van der Waals surface area contributed by atoms with Gasteiger partial charge in [0.25, 0.3) is 0 Å². The lowest BCUT2D eigenvalue weighted by Crippen LogP contribution is -2.26. The molecule has 4 nitrogen and oxygen atoms in total. The Morgan fingerprint density at radius 2 is 2.18 bits per heavy atom. The smallest absolute Gasteiger partial charge is 0.224 e. The first-order chi connectivity index (χ1) is 8.06. The van der Waals surface area contributed by atoms with Crippen LogP contribution in [0.3, 0.4) is 0 Å². The maximum atomic E-state index is 11.7. The highest BCUT2D eigenvalue weighted by atomic mass is 16.5. The lowest BCUT2D eigenvalue weighted by atomic mass is 10.1. The number of carbonyl (C=O) groups excluding carboxylic acids is 1. The summed E-state index contributed by atoms with van der Waals surface area (Å²) in [5.74, 6) is 0.0785. The summed E-state index contributed by atoms with van der Waals surface area (Å²) in [4.78, 5) is 11.7. The molecule has 0 unspecified atom stereocenters. The van der Waals surface area contributed by atoms with Crippen molar-refractivity contribution >= 4 is 5.91 Å². The Balaban J connectivity index is 2.42. The lowest BCUT2D eigenvalue weighted by molar-refractivity contribution is -0.120. The number of rotatable bonds is 6. The fourth-order valence-electron chi connectivity index (χ4n) is 1.79. The van der Waals surface area contributed by atoms with Crippen molar-refractivity contribution in [3.05, 3.63) is 23.0 Å². The molecule has 0 radical (unpaired) electrons. The molecule has 0 atom stereocenters. The van der Waals surface area contributed by atoms with Crippen LogP contribution in [0, 0.1) is 13.8 Å². The van der Waals surface area contributed by atoms with Gasteiger partial charge in [-0.2, -0.15) is 0 Å². The van der Waals surface area contributed by atoms with Gasteiger partial charge >= 0.3 is 0 Å². The highest BCUT2D eigenvalue weighted by molar-refractivity contribution is 5.78. The molecule has 17 heavy (non-hydrogen) atoms. The first-order valence-electron chi connectivity index (χ1n) is 5.93.